The van der Waals surface area contributed by atoms with Crippen molar-refractivity contribution in [2.75, 3.05) is 33.3 Å². The van der Waals surface area contributed by atoms with Gasteiger partial charge in [-0.05, 0) is 49.6 Å². The van der Waals surface area contributed by atoms with Crippen molar-refractivity contribution in [3.05, 3.63) is 30.0 Å². The van der Waals surface area contributed by atoms with Crippen LogP contribution in [0.15, 0.2) is 24.4 Å². The van der Waals surface area contributed by atoms with Crippen LogP contribution in [0.4, 0.5) is 0 Å². The van der Waals surface area contributed by atoms with Crippen molar-refractivity contribution in [2.45, 2.75) is 19.3 Å². The monoisotopic (exact) mass is 358 g/mol. The number of hydrogen-bond acceptors (Lipinski definition) is 4. The molecule has 1 aromatic heterocycles. The molecule has 0 saturated carbocycles. The highest BCUT2D eigenvalue weighted by atomic mass is 16.5. The first-order valence-electron chi connectivity index (χ1n) is 8.99. The first-order valence-corrected chi connectivity index (χ1v) is 8.99. The standard InChI is InChI=1S/C19H26N4O3/c1-26-15-4-5-17-16(9-15)13(10-22-17)6-7-21-19(25)14-3-2-8-23(11-14)12-18(20)24/h4-5,9-10,14,22H,2-3,6-8,11-12H2,1H3,(H2,20,24)(H,21,25). The van der Waals surface area contributed by atoms with Crippen molar-refractivity contribution >= 4 is 22.7 Å². The molecule has 7 nitrogen and oxygen atoms in total. The number of H-pyrrole nitrogens is 1. The van der Waals surface area contributed by atoms with Crippen LogP contribution in [0, 0.1) is 5.92 Å². The third-order valence-electron chi connectivity index (χ3n) is 4.92. The Hall–Kier alpha value is -2.54. The molecule has 4 N–H and O–H groups in total. The quantitative estimate of drug-likeness (QED) is 0.688. The Morgan fingerprint density at radius 2 is 2.27 bits per heavy atom. The summed E-state index contributed by atoms with van der Waals surface area (Å²) < 4.78 is 5.29. The Labute approximate surface area is 152 Å². The summed E-state index contributed by atoms with van der Waals surface area (Å²) in [4.78, 5) is 28.7. The number of aromatic amines is 1. The van der Waals surface area contributed by atoms with Crippen LogP contribution in [0.5, 0.6) is 5.75 Å². The number of nitrogens with two attached hydrogens (primary N) is 1. The molecule has 1 saturated heterocycles. The summed E-state index contributed by atoms with van der Waals surface area (Å²) in [5.41, 5.74) is 7.46. The predicted octanol–water partition coefficient (Wildman–Crippen LogP) is 1.03. The molecule has 2 aromatic rings. The van der Waals surface area contributed by atoms with Crippen LogP contribution >= 0.6 is 0 Å². The van der Waals surface area contributed by atoms with Gasteiger partial charge in [-0.2, -0.15) is 0 Å². The maximum atomic E-state index is 12.4. The van der Waals surface area contributed by atoms with Crippen molar-refractivity contribution in [3.63, 3.8) is 0 Å². The number of hydrogen-bond donors (Lipinski definition) is 3. The van der Waals surface area contributed by atoms with Gasteiger partial charge in [-0.3, -0.25) is 14.5 Å². The van der Waals surface area contributed by atoms with Crippen LogP contribution in [-0.2, 0) is 16.0 Å². The molecule has 0 aliphatic carbocycles. The lowest BCUT2D eigenvalue weighted by molar-refractivity contribution is -0.128. The Morgan fingerprint density at radius 3 is 3.04 bits per heavy atom. The second-order valence-electron chi connectivity index (χ2n) is 6.81. The number of primary amides is 1. The minimum absolute atomic E-state index is 0.0524. The molecule has 140 valence electrons. The zero-order valence-corrected chi connectivity index (χ0v) is 15.1. The number of aromatic nitrogens is 1. The molecule has 0 radical (unpaired) electrons. The lowest BCUT2D eigenvalue weighted by Crippen LogP contribution is -2.46. The van der Waals surface area contributed by atoms with Crippen LogP contribution < -0.4 is 15.8 Å². The number of amides is 2. The van der Waals surface area contributed by atoms with Crippen LogP contribution in [0.1, 0.15) is 18.4 Å². The van der Waals surface area contributed by atoms with Gasteiger partial charge in [-0.15, -0.1) is 0 Å². The first-order chi connectivity index (χ1) is 12.6. The number of methoxy groups -OCH3 is 1. The number of nitrogens with one attached hydrogen (secondary N) is 2. The van der Waals surface area contributed by atoms with E-state index in [0.29, 0.717) is 13.1 Å². The number of rotatable bonds is 7. The van der Waals surface area contributed by atoms with Crippen molar-refractivity contribution in [2.24, 2.45) is 11.7 Å². The van der Waals surface area contributed by atoms with E-state index in [1.807, 2.05) is 29.3 Å². The number of benzene rings is 1. The zero-order chi connectivity index (χ0) is 18.5. The lowest BCUT2D eigenvalue weighted by atomic mass is 9.97. The van der Waals surface area contributed by atoms with Crippen molar-refractivity contribution in [1.82, 2.24) is 15.2 Å². The number of ether oxygens (including phenoxy) is 1. The first kappa shape index (κ1) is 18.3. The molecule has 2 heterocycles. The van der Waals surface area contributed by atoms with Gasteiger partial charge in [0, 0.05) is 30.2 Å². The summed E-state index contributed by atoms with van der Waals surface area (Å²) in [7, 11) is 1.65. The average molecular weight is 358 g/mol. The van der Waals surface area contributed by atoms with E-state index in [-0.39, 0.29) is 24.3 Å². The summed E-state index contributed by atoms with van der Waals surface area (Å²) in [5, 5.41) is 4.15. The predicted molar refractivity (Wildman–Crippen MR) is 99.9 cm³/mol. The molecule has 26 heavy (non-hydrogen) atoms. The molecule has 7 heteroatoms. The van der Waals surface area contributed by atoms with Gasteiger partial charge in [-0.1, -0.05) is 0 Å². The van der Waals surface area contributed by atoms with Crippen LogP contribution in [0.25, 0.3) is 10.9 Å². The molecule has 0 spiro atoms. The molecule has 1 aliphatic heterocycles. The summed E-state index contributed by atoms with van der Waals surface area (Å²) in [5.74, 6) is 0.447. The van der Waals surface area contributed by atoms with E-state index in [9.17, 15) is 9.59 Å². The maximum Gasteiger partial charge on any atom is 0.231 e. The minimum Gasteiger partial charge on any atom is -0.497 e. The van der Waals surface area contributed by atoms with Gasteiger partial charge in [0.1, 0.15) is 5.75 Å². The smallest absolute Gasteiger partial charge is 0.231 e. The number of carbonyl (C=O) groups is 2. The highest BCUT2D eigenvalue weighted by Gasteiger charge is 2.26. The van der Waals surface area contributed by atoms with Crippen LogP contribution in [0.3, 0.4) is 0 Å². The van der Waals surface area contributed by atoms with Crippen LogP contribution in [-0.4, -0.2) is 55.0 Å². The molecule has 1 atom stereocenters. The van der Waals surface area contributed by atoms with Crippen molar-refractivity contribution < 1.29 is 14.3 Å². The second-order valence-corrected chi connectivity index (χ2v) is 6.81. The highest BCUT2D eigenvalue weighted by molar-refractivity contribution is 5.85. The molecule has 1 unspecified atom stereocenters. The van der Waals surface area contributed by atoms with Gasteiger partial charge >= 0.3 is 0 Å². The van der Waals surface area contributed by atoms with Gasteiger partial charge in [0.15, 0.2) is 0 Å². The molecule has 1 fully saturated rings. The largest absolute Gasteiger partial charge is 0.497 e. The molecule has 0 bridgehead atoms. The Kier molecular flexibility index (Phi) is 5.78. The molecular formula is C19H26N4O3. The fraction of sp³-hybridized carbons (Fsp3) is 0.474. The van der Waals surface area contributed by atoms with Gasteiger partial charge < -0.3 is 20.8 Å². The van der Waals surface area contributed by atoms with Gasteiger partial charge in [0.2, 0.25) is 11.8 Å². The molecule has 1 aromatic carbocycles. The highest BCUT2D eigenvalue weighted by Crippen LogP contribution is 2.24. The van der Waals surface area contributed by atoms with Gasteiger partial charge in [0.05, 0.1) is 19.6 Å². The fourth-order valence-electron chi connectivity index (χ4n) is 3.59. The topological polar surface area (TPSA) is 100 Å². The number of carbonyl (C=O) groups excluding carboxylic acids is 2. The maximum absolute atomic E-state index is 12.4. The van der Waals surface area contributed by atoms with E-state index < -0.39 is 0 Å². The number of fused-ring (bicyclic) bond motifs is 1. The number of piperidine rings is 1. The van der Waals surface area contributed by atoms with E-state index in [4.69, 9.17) is 10.5 Å². The van der Waals surface area contributed by atoms with Crippen LogP contribution in [0.2, 0.25) is 0 Å². The minimum atomic E-state index is -0.346. The van der Waals surface area contributed by atoms with Crippen molar-refractivity contribution in [3.8, 4) is 5.75 Å². The van der Waals surface area contributed by atoms with E-state index in [1.54, 1.807) is 7.11 Å². The molecule has 2 amide bonds. The molecular weight excluding hydrogens is 332 g/mol. The second kappa shape index (κ2) is 8.23. The zero-order valence-electron chi connectivity index (χ0n) is 15.1. The number of nitrogens with zero attached hydrogens (tertiary/aromatic N) is 1. The van der Waals surface area contributed by atoms with E-state index >= 15 is 0 Å². The number of likely N-dealkylation sites (tertiary alicyclic amines) is 1. The SMILES string of the molecule is COc1ccc2[nH]cc(CCNC(=O)C3CCCN(CC(N)=O)C3)c2c1. The van der Waals surface area contributed by atoms with E-state index in [2.05, 4.69) is 10.3 Å². The van der Waals surface area contributed by atoms with Crippen molar-refractivity contribution in [1.29, 1.82) is 0 Å². The Bertz CT molecular complexity index is 786. The van der Waals surface area contributed by atoms with E-state index in [1.165, 1.54) is 0 Å². The Balaban J connectivity index is 1.53. The summed E-state index contributed by atoms with van der Waals surface area (Å²) in [6.45, 7) is 2.22. The molecule has 3 rings (SSSR count). The fourth-order valence-corrected chi connectivity index (χ4v) is 3.59. The van der Waals surface area contributed by atoms with Gasteiger partial charge in [-0.25, -0.2) is 0 Å². The average Bonchev–Trinajstić information content (AvgIpc) is 3.03. The third-order valence-corrected chi connectivity index (χ3v) is 4.92. The molecule has 1 aliphatic rings. The summed E-state index contributed by atoms with van der Waals surface area (Å²) >= 11 is 0. The van der Waals surface area contributed by atoms with Gasteiger partial charge in [0.25, 0.3) is 0 Å². The third kappa shape index (κ3) is 4.35. The van der Waals surface area contributed by atoms with E-state index in [0.717, 1.165) is 48.0 Å². The Morgan fingerprint density at radius 1 is 1.42 bits per heavy atom. The lowest BCUT2D eigenvalue weighted by Gasteiger charge is -2.30. The summed E-state index contributed by atoms with van der Waals surface area (Å²) in [6.07, 6.45) is 4.49. The normalized spacial score (nSPS) is 18.0. The summed E-state index contributed by atoms with van der Waals surface area (Å²) in [6, 6.07) is 5.92.